The highest BCUT2D eigenvalue weighted by molar-refractivity contribution is 5.77. The molecule has 25 heavy (non-hydrogen) atoms. The van der Waals surface area contributed by atoms with E-state index in [1.54, 1.807) is 7.11 Å². The summed E-state index contributed by atoms with van der Waals surface area (Å²) in [4.78, 5) is 16.9. The van der Waals surface area contributed by atoms with Crippen LogP contribution >= 0.6 is 0 Å². The Bertz CT molecular complexity index is 574. The van der Waals surface area contributed by atoms with E-state index < -0.39 is 0 Å². The molecule has 2 aliphatic rings. The standard InChI is InChI=1S/C19H32N4O2/c1-17-6-11-23(20-17)13-12-21-9-3-7-19(15-21)8-5-18(24)22(16-19)10-4-14-25-2/h6,11H,3-5,7-10,12-16H2,1-2H3/t19-/m1/s1. The molecule has 2 saturated heterocycles. The van der Waals surface area contributed by atoms with Gasteiger partial charge >= 0.3 is 0 Å². The molecule has 0 aliphatic carbocycles. The minimum absolute atomic E-state index is 0.291. The van der Waals surface area contributed by atoms with Crippen molar-refractivity contribution in [1.82, 2.24) is 19.6 Å². The second kappa shape index (κ2) is 8.32. The van der Waals surface area contributed by atoms with Crippen LogP contribution in [-0.2, 0) is 16.1 Å². The molecular formula is C19H32N4O2. The number of carbonyl (C=O) groups is 1. The highest BCUT2D eigenvalue weighted by Gasteiger charge is 2.41. The fourth-order valence-electron chi connectivity index (χ4n) is 4.37. The first kappa shape index (κ1) is 18.4. The fraction of sp³-hybridized carbons (Fsp3) is 0.789. The molecule has 2 fully saturated rings. The number of rotatable bonds is 7. The number of hydrogen-bond acceptors (Lipinski definition) is 4. The first-order valence-electron chi connectivity index (χ1n) is 9.59. The van der Waals surface area contributed by atoms with Crippen molar-refractivity contribution < 1.29 is 9.53 Å². The van der Waals surface area contributed by atoms with Crippen molar-refractivity contribution in [3.63, 3.8) is 0 Å². The highest BCUT2D eigenvalue weighted by atomic mass is 16.5. The summed E-state index contributed by atoms with van der Waals surface area (Å²) < 4.78 is 7.18. The molecule has 1 spiro atoms. The maximum Gasteiger partial charge on any atom is 0.222 e. The Morgan fingerprint density at radius 3 is 2.88 bits per heavy atom. The second-order valence-corrected chi connectivity index (χ2v) is 7.76. The van der Waals surface area contributed by atoms with Gasteiger partial charge in [-0.15, -0.1) is 0 Å². The lowest BCUT2D eigenvalue weighted by molar-refractivity contribution is -0.139. The van der Waals surface area contributed by atoms with Crippen LogP contribution in [0.1, 0.15) is 37.8 Å². The van der Waals surface area contributed by atoms with Crippen molar-refractivity contribution >= 4 is 5.91 Å². The second-order valence-electron chi connectivity index (χ2n) is 7.76. The molecule has 1 amide bonds. The van der Waals surface area contributed by atoms with E-state index in [1.165, 1.54) is 19.4 Å². The van der Waals surface area contributed by atoms with Crippen LogP contribution < -0.4 is 0 Å². The number of ether oxygens (including phenoxy) is 1. The number of amides is 1. The number of aromatic nitrogens is 2. The van der Waals surface area contributed by atoms with E-state index in [-0.39, 0.29) is 0 Å². The van der Waals surface area contributed by atoms with Crippen LogP contribution in [-0.4, -0.2) is 71.9 Å². The summed E-state index contributed by atoms with van der Waals surface area (Å²) in [6, 6.07) is 2.06. The zero-order valence-electron chi connectivity index (χ0n) is 15.7. The molecular weight excluding hydrogens is 316 g/mol. The van der Waals surface area contributed by atoms with Gasteiger partial charge in [0, 0.05) is 57.9 Å². The monoisotopic (exact) mass is 348 g/mol. The Morgan fingerprint density at radius 2 is 2.12 bits per heavy atom. The average Bonchev–Trinajstić information content (AvgIpc) is 3.02. The molecule has 1 atom stereocenters. The molecule has 0 N–H and O–H groups in total. The number of nitrogens with zero attached hydrogens (tertiary/aromatic N) is 4. The number of piperidine rings is 2. The molecule has 1 aromatic rings. The topological polar surface area (TPSA) is 50.6 Å². The van der Waals surface area contributed by atoms with Crippen molar-refractivity contribution in [2.45, 2.75) is 45.6 Å². The van der Waals surface area contributed by atoms with Gasteiger partial charge in [-0.2, -0.15) is 5.10 Å². The maximum atomic E-state index is 12.3. The van der Waals surface area contributed by atoms with Gasteiger partial charge in [-0.1, -0.05) is 0 Å². The largest absolute Gasteiger partial charge is 0.385 e. The highest BCUT2D eigenvalue weighted by Crippen LogP contribution is 2.38. The van der Waals surface area contributed by atoms with Gasteiger partial charge in [-0.3, -0.25) is 9.48 Å². The van der Waals surface area contributed by atoms with Gasteiger partial charge < -0.3 is 14.5 Å². The minimum atomic E-state index is 0.291. The molecule has 140 valence electrons. The lowest BCUT2D eigenvalue weighted by Crippen LogP contribution is -2.54. The van der Waals surface area contributed by atoms with E-state index in [0.717, 1.165) is 57.9 Å². The molecule has 2 aliphatic heterocycles. The number of carbonyl (C=O) groups excluding carboxylic acids is 1. The molecule has 1 aromatic heterocycles. The third kappa shape index (κ3) is 4.82. The molecule has 6 heteroatoms. The van der Waals surface area contributed by atoms with Gasteiger partial charge in [0.15, 0.2) is 0 Å². The Hall–Kier alpha value is -1.40. The van der Waals surface area contributed by atoms with Crippen LogP contribution in [0.2, 0.25) is 0 Å². The number of hydrogen-bond donors (Lipinski definition) is 0. The third-order valence-corrected chi connectivity index (χ3v) is 5.68. The van der Waals surface area contributed by atoms with Gasteiger partial charge in [0.2, 0.25) is 5.91 Å². The molecule has 0 bridgehead atoms. The van der Waals surface area contributed by atoms with E-state index in [1.807, 2.05) is 11.6 Å². The summed E-state index contributed by atoms with van der Waals surface area (Å²) in [5.41, 5.74) is 1.37. The van der Waals surface area contributed by atoms with Crippen molar-refractivity contribution in [2.24, 2.45) is 5.41 Å². The van der Waals surface area contributed by atoms with Crippen LogP contribution in [0.4, 0.5) is 0 Å². The third-order valence-electron chi connectivity index (χ3n) is 5.68. The SMILES string of the molecule is COCCCN1C[C@]2(CCCN(CCn3ccc(C)n3)C2)CCC1=O. The fourth-order valence-corrected chi connectivity index (χ4v) is 4.37. The van der Waals surface area contributed by atoms with Crippen LogP contribution in [0, 0.1) is 12.3 Å². The first-order chi connectivity index (χ1) is 12.1. The van der Waals surface area contributed by atoms with Crippen LogP contribution in [0.15, 0.2) is 12.3 Å². The van der Waals surface area contributed by atoms with Crippen LogP contribution in [0.3, 0.4) is 0 Å². The smallest absolute Gasteiger partial charge is 0.222 e. The van der Waals surface area contributed by atoms with Gasteiger partial charge in [-0.05, 0) is 45.2 Å². The molecule has 0 radical (unpaired) electrons. The van der Waals surface area contributed by atoms with Crippen molar-refractivity contribution in [3.05, 3.63) is 18.0 Å². The Morgan fingerprint density at radius 1 is 1.24 bits per heavy atom. The van der Waals surface area contributed by atoms with Crippen LogP contribution in [0.25, 0.3) is 0 Å². The van der Waals surface area contributed by atoms with E-state index in [9.17, 15) is 4.79 Å². The summed E-state index contributed by atoms with van der Waals surface area (Å²) >= 11 is 0. The maximum absolute atomic E-state index is 12.3. The predicted molar refractivity (Wildman–Crippen MR) is 97.4 cm³/mol. The summed E-state index contributed by atoms with van der Waals surface area (Å²) in [7, 11) is 1.72. The van der Waals surface area contributed by atoms with E-state index >= 15 is 0 Å². The Balaban J connectivity index is 1.54. The van der Waals surface area contributed by atoms with Crippen molar-refractivity contribution in [1.29, 1.82) is 0 Å². The van der Waals surface area contributed by atoms with E-state index in [0.29, 0.717) is 17.7 Å². The molecule has 6 nitrogen and oxygen atoms in total. The Labute approximate surface area is 151 Å². The average molecular weight is 348 g/mol. The summed E-state index contributed by atoms with van der Waals surface area (Å²) in [6.45, 7) is 8.78. The Kier molecular flexibility index (Phi) is 6.12. The van der Waals surface area contributed by atoms with Gasteiger partial charge in [0.1, 0.15) is 0 Å². The lowest BCUT2D eigenvalue weighted by Gasteiger charge is -2.48. The van der Waals surface area contributed by atoms with Crippen molar-refractivity contribution in [3.8, 4) is 0 Å². The predicted octanol–water partition coefficient (Wildman–Crippen LogP) is 1.93. The molecule has 0 saturated carbocycles. The molecule has 3 heterocycles. The lowest BCUT2D eigenvalue weighted by atomic mass is 9.73. The zero-order chi connectivity index (χ0) is 17.7. The first-order valence-corrected chi connectivity index (χ1v) is 9.59. The quantitative estimate of drug-likeness (QED) is 0.707. The molecule has 0 unspecified atom stereocenters. The molecule has 3 rings (SSSR count). The molecule has 0 aromatic carbocycles. The van der Waals surface area contributed by atoms with Gasteiger partial charge in [-0.25, -0.2) is 0 Å². The van der Waals surface area contributed by atoms with E-state index in [2.05, 4.69) is 27.2 Å². The minimum Gasteiger partial charge on any atom is -0.385 e. The van der Waals surface area contributed by atoms with Crippen LogP contribution in [0.5, 0.6) is 0 Å². The normalized spacial score (nSPS) is 25.0. The van der Waals surface area contributed by atoms with Gasteiger partial charge in [0.25, 0.3) is 0 Å². The van der Waals surface area contributed by atoms with E-state index in [4.69, 9.17) is 4.74 Å². The zero-order valence-corrected chi connectivity index (χ0v) is 15.7. The summed E-state index contributed by atoms with van der Waals surface area (Å²) in [5.74, 6) is 0.325. The van der Waals surface area contributed by atoms with Gasteiger partial charge in [0.05, 0.1) is 12.2 Å². The number of likely N-dealkylation sites (tertiary alicyclic amines) is 2. The number of aryl methyl sites for hydroxylation is 1. The summed E-state index contributed by atoms with van der Waals surface area (Å²) in [6.07, 6.45) is 7.23. The summed E-state index contributed by atoms with van der Waals surface area (Å²) in [5, 5.41) is 4.49. The number of methoxy groups -OCH3 is 1. The van der Waals surface area contributed by atoms with Crippen molar-refractivity contribution in [2.75, 3.05) is 46.4 Å².